The highest BCUT2D eigenvalue weighted by Gasteiger charge is 2.47. The Bertz CT molecular complexity index is 1110. The fourth-order valence-electron chi connectivity index (χ4n) is 3.59. The average Bonchev–Trinajstić information content (AvgIpc) is 2.79. The number of alkyl halides is 2. The van der Waals surface area contributed by atoms with Crippen LogP contribution < -0.4 is 14.2 Å². The smallest absolute Gasteiger partial charge is 0.287 e. The highest BCUT2D eigenvalue weighted by molar-refractivity contribution is 5.97. The number of rotatable bonds is 5. The van der Waals surface area contributed by atoms with E-state index in [1.807, 2.05) is 18.2 Å². The molecule has 0 spiro atoms. The Hall–Kier alpha value is -3.42. The molecule has 1 atom stereocenters. The molecular formula is C23H22F2N2O4. The maximum atomic E-state index is 14.6. The Labute approximate surface area is 178 Å². The Morgan fingerprint density at radius 3 is 2.68 bits per heavy atom. The van der Waals surface area contributed by atoms with Crippen molar-refractivity contribution in [3.63, 3.8) is 0 Å². The molecule has 1 aliphatic rings. The molecule has 1 amide bonds. The van der Waals surface area contributed by atoms with Crippen LogP contribution in [0.4, 0.5) is 8.78 Å². The quantitative estimate of drug-likeness (QED) is 0.610. The maximum absolute atomic E-state index is 14.6. The van der Waals surface area contributed by atoms with Crippen LogP contribution in [0.15, 0.2) is 54.6 Å². The van der Waals surface area contributed by atoms with Crippen molar-refractivity contribution in [2.24, 2.45) is 0 Å². The molecule has 3 aromatic rings. The Morgan fingerprint density at radius 1 is 1.10 bits per heavy atom. The first-order valence-corrected chi connectivity index (χ1v) is 9.83. The number of para-hydroxylation sites is 1. The third-order valence-electron chi connectivity index (χ3n) is 5.33. The lowest BCUT2D eigenvalue weighted by atomic mass is 10.0. The molecule has 6 nitrogen and oxygen atoms in total. The lowest BCUT2D eigenvalue weighted by molar-refractivity contribution is -0.131. The van der Waals surface area contributed by atoms with Crippen LogP contribution in [0.1, 0.15) is 16.8 Å². The summed E-state index contributed by atoms with van der Waals surface area (Å²) in [5, 5.41) is 0.882. The number of amides is 1. The van der Waals surface area contributed by atoms with Crippen LogP contribution >= 0.6 is 0 Å². The van der Waals surface area contributed by atoms with Gasteiger partial charge < -0.3 is 19.1 Å². The molecule has 2 aromatic carbocycles. The summed E-state index contributed by atoms with van der Waals surface area (Å²) in [6.45, 7) is -0.377. The minimum atomic E-state index is -3.09. The van der Waals surface area contributed by atoms with E-state index in [2.05, 4.69) is 4.98 Å². The molecule has 2 heterocycles. The number of piperidine rings is 1. The maximum Gasteiger partial charge on any atom is 0.287 e. The van der Waals surface area contributed by atoms with E-state index < -0.39 is 24.4 Å². The summed E-state index contributed by atoms with van der Waals surface area (Å²) in [5.74, 6) is -2.61. The fourth-order valence-corrected chi connectivity index (χ4v) is 3.59. The van der Waals surface area contributed by atoms with Gasteiger partial charge in [0, 0.05) is 24.4 Å². The molecule has 162 valence electrons. The van der Waals surface area contributed by atoms with E-state index >= 15 is 0 Å². The molecule has 1 fully saturated rings. The van der Waals surface area contributed by atoms with E-state index in [9.17, 15) is 13.6 Å². The number of benzene rings is 2. The molecule has 8 heteroatoms. The first-order chi connectivity index (χ1) is 14.9. The van der Waals surface area contributed by atoms with Gasteiger partial charge in [0.2, 0.25) is 5.88 Å². The van der Waals surface area contributed by atoms with Crippen molar-refractivity contribution in [3.8, 4) is 17.4 Å². The monoisotopic (exact) mass is 428 g/mol. The topological polar surface area (TPSA) is 60.9 Å². The molecule has 1 aliphatic heterocycles. The largest absolute Gasteiger partial charge is 0.497 e. The number of methoxy groups -OCH3 is 2. The lowest BCUT2D eigenvalue weighted by Gasteiger charge is -2.38. The van der Waals surface area contributed by atoms with E-state index in [0.717, 1.165) is 5.39 Å². The van der Waals surface area contributed by atoms with Gasteiger partial charge in [-0.3, -0.25) is 4.79 Å². The number of fused-ring (bicyclic) bond motifs is 1. The Morgan fingerprint density at radius 2 is 1.90 bits per heavy atom. The van der Waals surface area contributed by atoms with Crippen molar-refractivity contribution in [1.82, 2.24) is 9.88 Å². The van der Waals surface area contributed by atoms with Crippen molar-refractivity contribution < 1.29 is 27.8 Å². The van der Waals surface area contributed by atoms with Crippen LogP contribution in [-0.4, -0.2) is 55.1 Å². The molecule has 1 saturated heterocycles. The molecule has 1 unspecified atom stereocenters. The number of hydrogen-bond donors (Lipinski definition) is 0. The molecule has 0 aliphatic carbocycles. The molecule has 4 rings (SSSR count). The summed E-state index contributed by atoms with van der Waals surface area (Å²) in [6, 6.07) is 15.5. The van der Waals surface area contributed by atoms with E-state index in [0.29, 0.717) is 17.0 Å². The number of likely N-dealkylation sites (tertiary alicyclic amines) is 1. The molecular weight excluding hydrogens is 406 g/mol. The van der Waals surface area contributed by atoms with Gasteiger partial charge in [-0.1, -0.05) is 18.2 Å². The second-order valence-electron chi connectivity index (χ2n) is 7.28. The van der Waals surface area contributed by atoms with Crippen molar-refractivity contribution in [2.75, 3.05) is 27.3 Å². The van der Waals surface area contributed by atoms with Crippen LogP contribution in [0.5, 0.6) is 17.4 Å². The summed E-state index contributed by atoms with van der Waals surface area (Å²) < 4.78 is 45.3. The minimum absolute atomic E-state index is 0.0941. The van der Waals surface area contributed by atoms with E-state index in [1.165, 1.54) is 25.2 Å². The summed E-state index contributed by atoms with van der Waals surface area (Å²) in [6.07, 6.45) is -2.03. The lowest BCUT2D eigenvalue weighted by Crippen LogP contribution is -2.55. The summed E-state index contributed by atoms with van der Waals surface area (Å²) in [4.78, 5) is 18.8. The van der Waals surface area contributed by atoms with Gasteiger partial charge in [-0.05, 0) is 30.3 Å². The third kappa shape index (κ3) is 4.23. The van der Waals surface area contributed by atoms with Crippen molar-refractivity contribution >= 4 is 16.8 Å². The van der Waals surface area contributed by atoms with Crippen molar-refractivity contribution in [3.05, 3.63) is 60.2 Å². The predicted molar refractivity (Wildman–Crippen MR) is 111 cm³/mol. The second kappa shape index (κ2) is 8.37. The molecule has 0 N–H and O–H groups in total. The normalized spacial score (nSPS) is 17.9. The Balaban J connectivity index is 1.57. The van der Waals surface area contributed by atoms with Gasteiger partial charge in [0.15, 0.2) is 6.10 Å². The number of hydrogen-bond acceptors (Lipinski definition) is 5. The SMILES string of the molecule is COc1ccc(OC)c(C(=O)N2CCC(F)(F)C(Oc3ccc4ccccc4n3)C2)c1. The standard InChI is InChI=1S/C23H22F2N2O4/c1-29-16-8-9-19(30-2)17(13-16)22(28)27-12-11-23(24,25)20(14-27)31-21-10-7-15-5-3-4-6-18(15)26-21/h3-10,13,20H,11-12,14H2,1-2H3. The van der Waals surface area contributed by atoms with E-state index in [1.54, 1.807) is 30.3 Å². The molecule has 0 radical (unpaired) electrons. The third-order valence-corrected chi connectivity index (χ3v) is 5.33. The minimum Gasteiger partial charge on any atom is -0.497 e. The van der Waals surface area contributed by atoms with Crippen LogP contribution in [0.25, 0.3) is 10.9 Å². The van der Waals surface area contributed by atoms with E-state index in [-0.39, 0.29) is 24.5 Å². The number of pyridine rings is 1. The van der Waals surface area contributed by atoms with E-state index in [4.69, 9.17) is 14.2 Å². The van der Waals surface area contributed by atoms with Gasteiger partial charge in [-0.2, -0.15) is 0 Å². The van der Waals surface area contributed by atoms with Gasteiger partial charge in [0.05, 0.1) is 31.8 Å². The predicted octanol–water partition coefficient (Wildman–Crippen LogP) is 4.18. The first-order valence-electron chi connectivity index (χ1n) is 9.83. The van der Waals surface area contributed by atoms with Gasteiger partial charge >= 0.3 is 0 Å². The number of carbonyl (C=O) groups excluding carboxylic acids is 1. The van der Waals surface area contributed by atoms with Gasteiger partial charge in [-0.15, -0.1) is 0 Å². The molecule has 31 heavy (non-hydrogen) atoms. The first kappa shape index (κ1) is 20.8. The van der Waals surface area contributed by atoms with Gasteiger partial charge in [-0.25, -0.2) is 13.8 Å². The fraction of sp³-hybridized carbons (Fsp3) is 0.304. The van der Waals surface area contributed by atoms with Crippen LogP contribution in [0, 0.1) is 0 Å². The second-order valence-corrected chi connectivity index (χ2v) is 7.28. The summed E-state index contributed by atoms with van der Waals surface area (Å²) in [5.41, 5.74) is 0.892. The highest BCUT2D eigenvalue weighted by atomic mass is 19.3. The Kier molecular flexibility index (Phi) is 5.63. The zero-order valence-corrected chi connectivity index (χ0v) is 17.2. The van der Waals surface area contributed by atoms with Gasteiger partial charge in [0.1, 0.15) is 11.5 Å². The summed E-state index contributed by atoms with van der Waals surface area (Å²) >= 11 is 0. The van der Waals surface area contributed by atoms with Crippen molar-refractivity contribution in [1.29, 1.82) is 0 Å². The van der Waals surface area contributed by atoms with Crippen LogP contribution in [0.2, 0.25) is 0 Å². The number of ether oxygens (including phenoxy) is 3. The van der Waals surface area contributed by atoms with Crippen molar-refractivity contribution in [2.45, 2.75) is 18.4 Å². The van der Waals surface area contributed by atoms with Crippen LogP contribution in [-0.2, 0) is 0 Å². The number of aromatic nitrogens is 1. The summed E-state index contributed by atoms with van der Waals surface area (Å²) in [7, 11) is 2.93. The zero-order valence-electron chi connectivity index (χ0n) is 17.2. The number of nitrogens with zero attached hydrogens (tertiary/aromatic N) is 2. The number of halogens is 2. The number of carbonyl (C=O) groups is 1. The molecule has 0 bridgehead atoms. The van der Waals surface area contributed by atoms with Gasteiger partial charge in [0.25, 0.3) is 11.8 Å². The molecule has 1 aromatic heterocycles. The average molecular weight is 428 g/mol. The zero-order chi connectivity index (χ0) is 22.0. The highest BCUT2D eigenvalue weighted by Crippen LogP contribution is 2.34. The molecule has 0 saturated carbocycles. The van der Waals surface area contributed by atoms with Crippen LogP contribution in [0.3, 0.4) is 0 Å².